The Morgan fingerprint density at radius 2 is 1.83 bits per heavy atom. The normalized spacial score (nSPS) is 15.9. The molecule has 190 valence electrons. The number of hydrogen-bond acceptors (Lipinski definition) is 8. The molecule has 12 nitrogen and oxygen atoms in total. The van der Waals surface area contributed by atoms with E-state index in [4.69, 9.17) is 0 Å². The monoisotopic (exact) mass is 494 g/mol. The van der Waals surface area contributed by atoms with Gasteiger partial charge in [-0.2, -0.15) is 4.52 Å². The molecule has 1 saturated carbocycles. The van der Waals surface area contributed by atoms with Crippen LogP contribution in [0.15, 0.2) is 23.3 Å². The summed E-state index contributed by atoms with van der Waals surface area (Å²) in [6.45, 7) is 7.68. The second kappa shape index (κ2) is 8.92. The van der Waals surface area contributed by atoms with Crippen LogP contribution in [0.4, 0.5) is 11.6 Å². The van der Waals surface area contributed by atoms with E-state index in [2.05, 4.69) is 25.7 Å². The number of hydrogen-bond donors (Lipinski definition) is 3. The molecule has 3 aromatic rings. The number of likely N-dealkylation sites (tertiary alicyclic amines) is 1. The average Bonchev–Trinajstić information content (AvgIpc) is 3.29. The van der Waals surface area contributed by atoms with Gasteiger partial charge < -0.3 is 20.6 Å². The zero-order valence-corrected chi connectivity index (χ0v) is 20.6. The molecule has 3 aromatic heterocycles. The van der Waals surface area contributed by atoms with Crippen LogP contribution < -0.4 is 16.2 Å². The first kappa shape index (κ1) is 23.8. The van der Waals surface area contributed by atoms with Crippen LogP contribution in [0.25, 0.3) is 5.65 Å². The number of carbonyl (C=O) groups is 2. The maximum Gasteiger partial charge on any atom is 0.274 e. The maximum absolute atomic E-state index is 13.3. The summed E-state index contributed by atoms with van der Waals surface area (Å²) >= 11 is 0. The van der Waals surface area contributed by atoms with Crippen LogP contribution in [-0.2, 0) is 6.54 Å². The van der Waals surface area contributed by atoms with Gasteiger partial charge in [0.1, 0.15) is 17.2 Å². The topological polar surface area (TPSA) is 147 Å². The predicted octanol–water partition coefficient (Wildman–Crippen LogP) is 1.91. The highest BCUT2D eigenvalue weighted by atomic mass is 16.3. The van der Waals surface area contributed by atoms with E-state index in [9.17, 15) is 19.5 Å². The van der Waals surface area contributed by atoms with Gasteiger partial charge in [-0.25, -0.2) is 9.97 Å². The fourth-order valence-electron chi connectivity index (χ4n) is 4.25. The largest absolute Gasteiger partial charge is 0.492 e. The second-order valence-corrected chi connectivity index (χ2v) is 10.6. The summed E-state index contributed by atoms with van der Waals surface area (Å²) < 4.78 is 2.62. The Balaban J connectivity index is 1.47. The van der Waals surface area contributed by atoms with Crippen LogP contribution in [-0.4, -0.2) is 65.1 Å². The van der Waals surface area contributed by atoms with Crippen LogP contribution in [0.2, 0.25) is 0 Å². The molecule has 0 bridgehead atoms. The molecule has 1 aliphatic heterocycles. The third-order valence-electron chi connectivity index (χ3n) is 6.14. The number of nitrogens with one attached hydrogen (secondary N) is 2. The van der Waals surface area contributed by atoms with Crippen molar-refractivity contribution in [3.8, 4) is 5.88 Å². The summed E-state index contributed by atoms with van der Waals surface area (Å²) in [5.41, 5.74) is -0.610. The van der Waals surface area contributed by atoms with Crippen molar-refractivity contribution < 1.29 is 14.7 Å². The second-order valence-electron chi connectivity index (χ2n) is 10.6. The SMILES string of the molecule is CC(C)(C)Cn1c(=O)c(C(=O)NC2CC2)c(O)n2nc(Nc3cnc(C(=O)N4CCCC4)cn3)cc12. The molecule has 1 saturated heterocycles. The van der Waals surface area contributed by atoms with Gasteiger partial charge in [0.25, 0.3) is 17.4 Å². The van der Waals surface area contributed by atoms with Crippen molar-refractivity contribution in [1.29, 1.82) is 0 Å². The average molecular weight is 495 g/mol. The molecule has 2 amide bonds. The molecule has 0 unspecified atom stereocenters. The highest BCUT2D eigenvalue weighted by Crippen LogP contribution is 2.25. The lowest BCUT2D eigenvalue weighted by molar-refractivity contribution is 0.0786. The molecule has 0 aromatic carbocycles. The van der Waals surface area contributed by atoms with Gasteiger partial charge in [-0.3, -0.25) is 19.0 Å². The molecule has 5 rings (SSSR count). The summed E-state index contributed by atoms with van der Waals surface area (Å²) in [6, 6.07) is 1.62. The number of aromatic hydroxyl groups is 1. The Hall–Kier alpha value is -3.96. The number of anilines is 2. The summed E-state index contributed by atoms with van der Waals surface area (Å²) in [4.78, 5) is 48.9. The molecular weight excluding hydrogens is 464 g/mol. The Morgan fingerprint density at radius 1 is 1.11 bits per heavy atom. The molecule has 2 fully saturated rings. The van der Waals surface area contributed by atoms with Gasteiger partial charge in [-0.15, -0.1) is 5.10 Å². The fraction of sp³-hybridized carbons (Fsp3) is 0.500. The van der Waals surface area contributed by atoms with Crippen LogP contribution in [0.3, 0.4) is 0 Å². The molecular formula is C24H30N8O4. The number of aromatic nitrogens is 5. The Labute approximate surface area is 207 Å². The minimum Gasteiger partial charge on any atom is -0.492 e. The van der Waals surface area contributed by atoms with E-state index in [-0.39, 0.29) is 28.6 Å². The molecule has 1 aliphatic carbocycles. The van der Waals surface area contributed by atoms with Gasteiger partial charge in [0.15, 0.2) is 11.4 Å². The summed E-state index contributed by atoms with van der Waals surface area (Å²) in [6.07, 6.45) is 6.53. The fourth-order valence-corrected chi connectivity index (χ4v) is 4.25. The van der Waals surface area contributed by atoms with Crippen molar-refractivity contribution in [2.75, 3.05) is 18.4 Å². The first-order chi connectivity index (χ1) is 17.1. The van der Waals surface area contributed by atoms with Crippen molar-refractivity contribution >= 4 is 29.1 Å². The zero-order valence-electron chi connectivity index (χ0n) is 20.6. The van der Waals surface area contributed by atoms with E-state index in [1.807, 2.05) is 20.8 Å². The standard InChI is InChI=1S/C24H30N8O4/c1-24(2,3)13-31-18-10-16(28-17-12-25-15(11-26-17)21(34)30-8-4-5-9-30)29-32(18)23(36)19(22(31)35)20(33)27-14-6-7-14/h10-12,14,36H,4-9,13H2,1-3H3,(H,27,33)(H,26,28,29). The van der Waals surface area contributed by atoms with E-state index in [1.165, 1.54) is 21.5 Å². The van der Waals surface area contributed by atoms with Gasteiger partial charge in [-0.1, -0.05) is 20.8 Å². The quantitative estimate of drug-likeness (QED) is 0.471. The lowest BCUT2D eigenvalue weighted by Gasteiger charge is -2.21. The highest BCUT2D eigenvalue weighted by Gasteiger charge is 2.30. The lowest BCUT2D eigenvalue weighted by Crippen LogP contribution is -2.37. The minimum absolute atomic E-state index is 0.0248. The number of nitrogens with zero attached hydrogens (tertiary/aromatic N) is 6. The molecule has 4 heterocycles. The molecule has 0 radical (unpaired) electrons. The zero-order chi connectivity index (χ0) is 25.6. The van der Waals surface area contributed by atoms with Crippen LogP contribution in [0.1, 0.15) is 67.3 Å². The van der Waals surface area contributed by atoms with Crippen LogP contribution in [0.5, 0.6) is 5.88 Å². The molecule has 0 spiro atoms. The maximum atomic E-state index is 13.3. The van der Waals surface area contributed by atoms with Crippen LogP contribution in [0, 0.1) is 5.41 Å². The third-order valence-corrected chi connectivity index (χ3v) is 6.14. The van der Waals surface area contributed by atoms with E-state index >= 15 is 0 Å². The first-order valence-electron chi connectivity index (χ1n) is 12.2. The number of rotatable bonds is 6. The minimum atomic E-state index is -0.612. The van der Waals surface area contributed by atoms with Crippen molar-refractivity contribution in [3.63, 3.8) is 0 Å². The van der Waals surface area contributed by atoms with Crippen molar-refractivity contribution in [3.05, 3.63) is 40.1 Å². The predicted molar refractivity (Wildman–Crippen MR) is 132 cm³/mol. The van der Waals surface area contributed by atoms with Gasteiger partial charge in [0.05, 0.1) is 12.4 Å². The number of amides is 2. The third kappa shape index (κ3) is 4.75. The summed E-state index contributed by atoms with van der Waals surface area (Å²) in [5.74, 6) is -0.651. The van der Waals surface area contributed by atoms with Crippen LogP contribution >= 0.6 is 0 Å². The van der Waals surface area contributed by atoms with Gasteiger partial charge in [0.2, 0.25) is 5.88 Å². The number of fused-ring (bicyclic) bond motifs is 1. The summed E-state index contributed by atoms with van der Waals surface area (Å²) in [5, 5.41) is 21.0. The molecule has 12 heteroatoms. The highest BCUT2D eigenvalue weighted by molar-refractivity contribution is 5.96. The van der Waals surface area contributed by atoms with Crippen molar-refractivity contribution in [2.24, 2.45) is 5.41 Å². The molecule has 36 heavy (non-hydrogen) atoms. The van der Waals surface area contributed by atoms with Gasteiger partial charge in [0, 0.05) is 31.7 Å². The van der Waals surface area contributed by atoms with Gasteiger partial charge >= 0.3 is 0 Å². The molecule has 0 atom stereocenters. The summed E-state index contributed by atoms with van der Waals surface area (Å²) in [7, 11) is 0. The lowest BCUT2D eigenvalue weighted by atomic mass is 9.97. The smallest absolute Gasteiger partial charge is 0.274 e. The first-order valence-corrected chi connectivity index (χ1v) is 12.2. The molecule has 3 N–H and O–H groups in total. The van der Waals surface area contributed by atoms with E-state index in [0.717, 1.165) is 38.8 Å². The Bertz CT molecular complexity index is 1380. The van der Waals surface area contributed by atoms with Gasteiger partial charge in [-0.05, 0) is 31.1 Å². The van der Waals surface area contributed by atoms with E-state index in [0.29, 0.717) is 23.8 Å². The van der Waals surface area contributed by atoms with E-state index in [1.54, 1.807) is 11.0 Å². The number of carbonyl (C=O) groups excluding carboxylic acids is 2. The molecule has 2 aliphatic rings. The van der Waals surface area contributed by atoms with Crippen molar-refractivity contribution in [1.82, 2.24) is 34.4 Å². The Kier molecular flexibility index (Phi) is 5.89. The van der Waals surface area contributed by atoms with E-state index < -0.39 is 17.3 Å². The van der Waals surface area contributed by atoms with Crippen molar-refractivity contribution in [2.45, 2.75) is 59.0 Å². The Morgan fingerprint density at radius 3 is 2.44 bits per heavy atom.